The van der Waals surface area contributed by atoms with Crippen LogP contribution < -0.4 is 9.46 Å². The third-order valence-electron chi connectivity index (χ3n) is 4.98. The summed E-state index contributed by atoms with van der Waals surface area (Å²) in [6, 6.07) is 11.2. The van der Waals surface area contributed by atoms with E-state index in [0.29, 0.717) is 11.1 Å². The molecule has 0 spiro atoms. The predicted octanol–water partition coefficient (Wildman–Crippen LogP) is 5.26. The minimum Gasteiger partial charge on any atom is -0.505 e. The molecule has 0 fully saturated rings. The van der Waals surface area contributed by atoms with Crippen LogP contribution in [-0.2, 0) is 21.4 Å². The zero-order chi connectivity index (χ0) is 23.2. The molecule has 2 N–H and O–H groups in total. The van der Waals surface area contributed by atoms with Crippen molar-refractivity contribution in [2.75, 3.05) is 11.8 Å². The summed E-state index contributed by atoms with van der Waals surface area (Å²) in [6.45, 7) is 1.86. The maximum Gasteiger partial charge on any atom is 0.338 e. The van der Waals surface area contributed by atoms with Gasteiger partial charge < -0.3 is 14.6 Å². The molecule has 3 aromatic rings. The molecule has 0 aromatic heterocycles. The van der Waals surface area contributed by atoms with Crippen LogP contribution in [0.15, 0.2) is 51.8 Å². The van der Waals surface area contributed by atoms with Gasteiger partial charge in [0.15, 0.2) is 5.75 Å². The van der Waals surface area contributed by atoms with Crippen LogP contribution in [0.2, 0.25) is 5.02 Å². The highest BCUT2D eigenvalue weighted by Gasteiger charge is 2.27. The smallest absolute Gasteiger partial charge is 0.338 e. The van der Waals surface area contributed by atoms with Crippen LogP contribution in [0.3, 0.4) is 0 Å². The molecule has 3 aromatic carbocycles. The van der Waals surface area contributed by atoms with Gasteiger partial charge in [-0.3, -0.25) is 4.72 Å². The quantitative estimate of drug-likeness (QED) is 0.410. The number of sulfonamides is 1. The van der Waals surface area contributed by atoms with Gasteiger partial charge in [-0.2, -0.15) is 0 Å². The highest BCUT2D eigenvalue weighted by Crippen LogP contribution is 2.41. The number of cyclic esters (lactones) is 1. The number of halogens is 2. The summed E-state index contributed by atoms with van der Waals surface area (Å²) in [5.74, 6) is -1.18. The van der Waals surface area contributed by atoms with Gasteiger partial charge in [-0.25, -0.2) is 13.2 Å². The average molecular weight is 539 g/mol. The van der Waals surface area contributed by atoms with Crippen molar-refractivity contribution in [2.45, 2.75) is 18.4 Å². The first-order valence-corrected chi connectivity index (χ1v) is 12.0. The van der Waals surface area contributed by atoms with E-state index < -0.39 is 26.6 Å². The molecule has 10 heteroatoms. The van der Waals surface area contributed by atoms with E-state index >= 15 is 0 Å². The van der Waals surface area contributed by atoms with Gasteiger partial charge in [0.2, 0.25) is 0 Å². The van der Waals surface area contributed by atoms with Crippen LogP contribution in [0.5, 0.6) is 11.5 Å². The number of fused-ring (bicyclic) bond motifs is 6. The van der Waals surface area contributed by atoms with Gasteiger partial charge in [0, 0.05) is 0 Å². The molecular weight excluding hydrogens is 522 g/mol. The van der Waals surface area contributed by atoms with Gasteiger partial charge in [-0.15, -0.1) is 0 Å². The minimum absolute atomic E-state index is 0.0250. The second-order valence-electron chi connectivity index (χ2n) is 7.19. The standard InChI is InChI=1S/C22H17BrClNO6S/c1-11-3-4-12-10-31-22(27)14-6-16(23)20(26)19(9-14)32(28,29)25-18-8-13(15(12)5-11)7-17(24)21(18)30-2/h3-9,25-26H,10H2,1-2H3. The number of phenolic OH excluding ortho intramolecular Hbond substituents is 1. The van der Waals surface area contributed by atoms with E-state index in [1.165, 1.54) is 13.2 Å². The summed E-state index contributed by atoms with van der Waals surface area (Å²) in [5, 5.41) is 10.6. The molecule has 4 rings (SSSR count). The number of phenols is 1. The first kappa shape index (κ1) is 22.4. The van der Waals surface area contributed by atoms with Crippen molar-refractivity contribution in [3.8, 4) is 22.6 Å². The molecule has 0 unspecified atom stereocenters. The zero-order valence-corrected chi connectivity index (χ0v) is 20.1. The number of aryl methyl sites for hydroxylation is 1. The number of benzene rings is 3. The second kappa shape index (κ2) is 8.31. The van der Waals surface area contributed by atoms with Crippen molar-refractivity contribution >= 4 is 49.2 Å². The lowest BCUT2D eigenvalue weighted by molar-refractivity contribution is 0.0473. The Bertz CT molecular complexity index is 1370. The Kier molecular flexibility index (Phi) is 5.83. The molecule has 32 heavy (non-hydrogen) atoms. The Labute approximate surface area is 198 Å². The summed E-state index contributed by atoms with van der Waals surface area (Å²) >= 11 is 9.52. The number of ether oxygens (including phenoxy) is 2. The van der Waals surface area contributed by atoms with Crippen LogP contribution >= 0.6 is 27.5 Å². The Balaban J connectivity index is 2.04. The molecule has 1 aliphatic heterocycles. The lowest BCUT2D eigenvalue weighted by Gasteiger charge is -2.17. The number of anilines is 1. The number of carbonyl (C=O) groups excluding carboxylic acids is 1. The molecule has 1 heterocycles. The van der Waals surface area contributed by atoms with Gasteiger partial charge in [0.1, 0.15) is 17.3 Å². The third kappa shape index (κ3) is 4.03. The highest BCUT2D eigenvalue weighted by molar-refractivity contribution is 9.10. The summed E-state index contributed by atoms with van der Waals surface area (Å²) < 4.78 is 39.6. The normalized spacial score (nSPS) is 14.7. The molecule has 166 valence electrons. The van der Waals surface area contributed by atoms with Crippen molar-refractivity contribution in [2.24, 2.45) is 0 Å². The fraction of sp³-hybridized carbons (Fsp3) is 0.136. The maximum atomic E-state index is 13.2. The van der Waals surface area contributed by atoms with E-state index in [1.807, 2.05) is 25.1 Å². The summed E-state index contributed by atoms with van der Waals surface area (Å²) in [6.07, 6.45) is 0. The average Bonchev–Trinajstić information content (AvgIpc) is 2.73. The molecule has 0 saturated carbocycles. The second-order valence-corrected chi connectivity index (χ2v) is 10.1. The third-order valence-corrected chi connectivity index (χ3v) is 7.24. The Morgan fingerprint density at radius 2 is 1.91 bits per heavy atom. The van der Waals surface area contributed by atoms with Gasteiger partial charge in [0.25, 0.3) is 10.0 Å². The number of carbonyl (C=O) groups is 1. The number of nitrogens with one attached hydrogen (secondary N) is 1. The predicted molar refractivity (Wildman–Crippen MR) is 124 cm³/mol. The van der Waals surface area contributed by atoms with E-state index in [1.54, 1.807) is 12.1 Å². The topological polar surface area (TPSA) is 102 Å². The molecule has 0 amide bonds. The van der Waals surface area contributed by atoms with Gasteiger partial charge in [-0.05, 0) is 63.8 Å². The first-order chi connectivity index (χ1) is 15.1. The lowest BCUT2D eigenvalue weighted by atomic mass is 9.97. The van der Waals surface area contributed by atoms with E-state index in [0.717, 1.165) is 17.2 Å². The largest absolute Gasteiger partial charge is 0.505 e. The number of rotatable bonds is 1. The van der Waals surface area contributed by atoms with Crippen molar-refractivity contribution in [3.63, 3.8) is 0 Å². The first-order valence-electron chi connectivity index (χ1n) is 9.30. The molecule has 7 nitrogen and oxygen atoms in total. The Morgan fingerprint density at radius 1 is 1.16 bits per heavy atom. The molecule has 0 atom stereocenters. The number of aromatic hydroxyl groups is 1. The fourth-order valence-electron chi connectivity index (χ4n) is 3.44. The fourth-order valence-corrected chi connectivity index (χ4v) is 5.53. The van der Waals surface area contributed by atoms with Crippen molar-refractivity contribution < 1.29 is 27.8 Å². The highest BCUT2D eigenvalue weighted by atomic mass is 79.9. The SMILES string of the molecule is COc1c(Cl)cc2cc1NS(=O)(=O)c1cc(cc(Br)c1O)C(=O)OCc1ccc(C)cc1-2. The van der Waals surface area contributed by atoms with E-state index in [9.17, 15) is 18.3 Å². The van der Waals surface area contributed by atoms with Crippen LogP contribution in [0.25, 0.3) is 11.1 Å². The van der Waals surface area contributed by atoms with Crippen LogP contribution in [0, 0.1) is 6.92 Å². The monoisotopic (exact) mass is 537 g/mol. The van der Waals surface area contributed by atoms with Gasteiger partial charge in [-0.1, -0.05) is 35.4 Å². The van der Waals surface area contributed by atoms with Crippen molar-refractivity contribution in [3.05, 3.63) is 68.7 Å². The lowest BCUT2D eigenvalue weighted by Crippen LogP contribution is -2.15. The molecule has 1 aliphatic rings. The van der Waals surface area contributed by atoms with Crippen molar-refractivity contribution in [1.29, 1.82) is 0 Å². The Morgan fingerprint density at radius 3 is 2.62 bits per heavy atom. The Hall–Kier alpha value is -2.75. The maximum absolute atomic E-state index is 13.2. The van der Waals surface area contributed by atoms with Gasteiger partial charge in [0.05, 0.1) is 27.9 Å². The minimum atomic E-state index is -4.35. The van der Waals surface area contributed by atoms with E-state index in [-0.39, 0.29) is 33.1 Å². The number of esters is 1. The van der Waals surface area contributed by atoms with Crippen molar-refractivity contribution in [1.82, 2.24) is 0 Å². The zero-order valence-electron chi connectivity index (χ0n) is 16.9. The molecule has 0 saturated heterocycles. The van der Waals surface area contributed by atoms with E-state index in [2.05, 4.69) is 20.7 Å². The van der Waals surface area contributed by atoms with Crippen LogP contribution in [0.1, 0.15) is 21.5 Å². The number of hydrogen-bond donors (Lipinski definition) is 2. The molecule has 0 aliphatic carbocycles. The van der Waals surface area contributed by atoms with E-state index in [4.69, 9.17) is 21.1 Å². The van der Waals surface area contributed by atoms with Crippen LogP contribution in [0.4, 0.5) is 5.69 Å². The van der Waals surface area contributed by atoms with Crippen LogP contribution in [-0.4, -0.2) is 26.6 Å². The molecular formula is C22H17BrClNO6S. The number of methoxy groups -OCH3 is 1. The molecule has 4 bridgehead atoms. The summed E-state index contributed by atoms with van der Waals surface area (Å²) in [4.78, 5) is 12.2. The van der Waals surface area contributed by atoms with Gasteiger partial charge >= 0.3 is 5.97 Å². The summed E-state index contributed by atoms with van der Waals surface area (Å²) in [5.41, 5.74) is 3.01. The number of hydrogen-bond acceptors (Lipinski definition) is 6. The summed E-state index contributed by atoms with van der Waals surface area (Å²) in [7, 11) is -2.98. The molecule has 0 radical (unpaired) electrons.